The number of benzene rings is 1. The number of carbonyl (C=O) groups is 1. The van der Waals surface area contributed by atoms with Crippen LogP contribution >= 0.6 is 0 Å². The van der Waals surface area contributed by atoms with Crippen molar-refractivity contribution in [3.8, 4) is 5.75 Å². The molecule has 1 aromatic carbocycles. The molecule has 0 atom stereocenters. The normalized spacial score (nSPS) is 14.2. The SMILES string of the molecule is CCCCCCN1C(=O)COc2ccc(CN)cc21. The maximum Gasteiger partial charge on any atom is 0.265 e. The summed E-state index contributed by atoms with van der Waals surface area (Å²) < 4.78 is 5.46. The van der Waals surface area contributed by atoms with Gasteiger partial charge in [0.15, 0.2) is 6.61 Å². The average molecular weight is 262 g/mol. The lowest BCUT2D eigenvalue weighted by Gasteiger charge is -2.29. The molecule has 0 aromatic heterocycles. The summed E-state index contributed by atoms with van der Waals surface area (Å²) in [5.41, 5.74) is 7.55. The Morgan fingerprint density at radius 3 is 2.89 bits per heavy atom. The topological polar surface area (TPSA) is 55.6 Å². The van der Waals surface area contributed by atoms with Gasteiger partial charge >= 0.3 is 0 Å². The Labute approximate surface area is 114 Å². The summed E-state index contributed by atoms with van der Waals surface area (Å²) in [7, 11) is 0. The summed E-state index contributed by atoms with van der Waals surface area (Å²) in [6, 6.07) is 5.82. The van der Waals surface area contributed by atoms with Crippen LogP contribution in [0.3, 0.4) is 0 Å². The second kappa shape index (κ2) is 6.57. The lowest BCUT2D eigenvalue weighted by Crippen LogP contribution is -2.39. The molecule has 19 heavy (non-hydrogen) atoms. The number of nitrogens with zero attached hydrogens (tertiary/aromatic N) is 1. The first kappa shape index (κ1) is 13.9. The molecule has 0 spiro atoms. The van der Waals surface area contributed by atoms with E-state index in [2.05, 4.69) is 6.92 Å². The summed E-state index contributed by atoms with van der Waals surface area (Å²) in [4.78, 5) is 13.8. The Morgan fingerprint density at radius 1 is 1.32 bits per heavy atom. The van der Waals surface area contributed by atoms with Gasteiger partial charge in [0.1, 0.15) is 5.75 Å². The van der Waals surface area contributed by atoms with E-state index in [4.69, 9.17) is 10.5 Å². The van der Waals surface area contributed by atoms with Crippen LogP contribution in [0, 0.1) is 0 Å². The highest BCUT2D eigenvalue weighted by molar-refractivity contribution is 5.97. The molecule has 0 unspecified atom stereocenters. The van der Waals surface area contributed by atoms with Crippen LogP contribution in [-0.4, -0.2) is 19.1 Å². The molecule has 4 heteroatoms. The zero-order valence-corrected chi connectivity index (χ0v) is 11.5. The largest absolute Gasteiger partial charge is 0.482 e. The Morgan fingerprint density at radius 2 is 2.16 bits per heavy atom. The Hall–Kier alpha value is -1.55. The van der Waals surface area contributed by atoms with E-state index in [1.165, 1.54) is 12.8 Å². The Balaban J connectivity index is 2.12. The fraction of sp³-hybridized carbons (Fsp3) is 0.533. The van der Waals surface area contributed by atoms with E-state index in [0.29, 0.717) is 6.54 Å². The molecule has 2 rings (SSSR count). The van der Waals surface area contributed by atoms with Gasteiger partial charge in [0.25, 0.3) is 5.91 Å². The quantitative estimate of drug-likeness (QED) is 0.801. The van der Waals surface area contributed by atoms with Crippen LogP contribution in [-0.2, 0) is 11.3 Å². The van der Waals surface area contributed by atoms with Gasteiger partial charge in [-0.3, -0.25) is 4.79 Å². The van der Waals surface area contributed by atoms with Crippen molar-refractivity contribution in [1.82, 2.24) is 0 Å². The molecule has 104 valence electrons. The molecule has 0 saturated carbocycles. The summed E-state index contributed by atoms with van der Waals surface area (Å²) in [5.74, 6) is 0.825. The summed E-state index contributed by atoms with van der Waals surface area (Å²) >= 11 is 0. The van der Waals surface area contributed by atoms with Gasteiger partial charge in [-0.25, -0.2) is 0 Å². The van der Waals surface area contributed by atoms with Crippen LogP contribution in [0.1, 0.15) is 38.2 Å². The summed E-state index contributed by atoms with van der Waals surface area (Å²) in [6.45, 7) is 3.57. The molecule has 1 aliphatic heterocycles. The number of hydrogen-bond acceptors (Lipinski definition) is 3. The minimum Gasteiger partial charge on any atom is -0.482 e. The number of nitrogens with two attached hydrogens (primary N) is 1. The molecule has 0 saturated heterocycles. The Bertz CT molecular complexity index is 446. The van der Waals surface area contributed by atoms with Gasteiger partial charge in [0.05, 0.1) is 5.69 Å². The van der Waals surface area contributed by atoms with Crippen LogP contribution in [0.5, 0.6) is 5.75 Å². The molecule has 1 aromatic rings. The van der Waals surface area contributed by atoms with Crippen LogP contribution in [0.4, 0.5) is 5.69 Å². The number of anilines is 1. The van der Waals surface area contributed by atoms with Crippen LogP contribution in [0.25, 0.3) is 0 Å². The van der Waals surface area contributed by atoms with E-state index in [1.807, 2.05) is 23.1 Å². The first-order valence-electron chi connectivity index (χ1n) is 7.02. The standard InChI is InChI=1S/C15H22N2O2/c1-2-3-4-5-8-17-13-9-12(10-16)6-7-14(13)19-11-15(17)18/h6-7,9H,2-5,8,10-11,16H2,1H3. The van der Waals surface area contributed by atoms with Gasteiger partial charge < -0.3 is 15.4 Å². The van der Waals surface area contributed by atoms with E-state index in [9.17, 15) is 4.79 Å². The summed E-state index contributed by atoms with van der Waals surface area (Å²) in [5, 5.41) is 0. The predicted molar refractivity (Wildman–Crippen MR) is 76.3 cm³/mol. The third-order valence-electron chi connectivity index (χ3n) is 3.44. The number of unbranched alkanes of at least 4 members (excludes halogenated alkanes) is 3. The highest BCUT2D eigenvalue weighted by atomic mass is 16.5. The number of ether oxygens (including phenoxy) is 1. The molecule has 0 fully saturated rings. The smallest absolute Gasteiger partial charge is 0.265 e. The number of rotatable bonds is 6. The first-order valence-corrected chi connectivity index (χ1v) is 7.02. The van der Waals surface area contributed by atoms with E-state index >= 15 is 0 Å². The maximum absolute atomic E-state index is 12.0. The zero-order chi connectivity index (χ0) is 13.7. The molecular weight excluding hydrogens is 240 g/mol. The van der Waals surface area contributed by atoms with Crippen molar-refractivity contribution < 1.29 is 9.53 Å². The predicted octanol–water partition coefficient (Wildman–Crippen LogP) is 2.45. The minimum absolute atomic E-state index is 0.0400. The van der Waals surface area contributed by atoms with Gasteiger partial charge in [-0.15, -0.1) is 0 Å². The number of fused-ring (bicyclic) bond motifs is 1. The molecule has 0 bridgehead atoms. The van der Waals surface area contributed by atoms with Crippen molar-refractivity contribution >= 4 is 11.6 Å². The van der Waals surface area contributed by atoms with Gasteiger partial charge in [-0.2, -0.15) is 0 Å². The fourth-order valence-corrected chi connectivity index (χ4v) is 2.32. The van der Waals surface area contributed by atoms with E-state index in [1.54, 1.807) is 0 Å². The first-order chi connectivity index (χ1) is 9.26. The third-order valence-corrected chi connectivity index (χ3v) is 3.44. The second-order valence-electron chi connectivity index (χ2n) is 4.90. The van der Waals surface area contributed by atoms with E-state index in [0.717, 1.165) is 36.4 Å². The van der Waals surface area contributed by atoms with Gasteiger partial charge in [-0.05, 0) is 24.1 Å². The fourth-order valence-electron chi connectivity index (χ4n) is 2.32. The monoisotopic (exact) mass is 262 g/mol. The van der Waals surface area contributed by atoms with Crippen molar-refractivity contribution in [2.24, 2.45) is 5.73 Å². The average Bonchev–Trinajstić information content (AvgIpc) is 2.44. The lowest BCUT2D eigenvalue weighted by molar-refractivity contribution is -0.121. The molecule has 4 nitrogen and oxygen atoms in total. The number of amides is 1. The highest BCUT2D eigenvalue weighted by Gasteiger charge is 2.25. The van der Waals surface area contributed by atoms with E-state index < -0.39 is 0 Å². The van der Waals surface area contributed by atoms with Crippen LogP contribution in [0.2, 0.25) is 0 Å². The Kier molecular flexibility index (Phi) is 4.80. The van der Waals surface area contributed by atoms with Crippen molar-refractivity contribution in [2.75, 3.05) is 18.1 Å². The molecule has 0 aliphatic carbocycles. The number of hydrogen-bond donors (Lipinski definition) is 1. The molecule has 1 amide bonds. The molecule has 0 radical (unpaired) electrons. The van der Waals surface area contributed by atoms with Gasteiger partial charge in [0.2, 0.25) is 0 Å². The third kappa shape index (κ3) is 3.26. The molecular formula is C15H22N2O2. The van der Waals surface area contributed by atoms with E-state index in [-0.39, 0.29) is 12.5 Å². The highest BCUT2D eigenvalue weighted by Crippen LogP contribution is 2.33. The lowest BCUT2D eigenvalue weighted by atomic mass is 10.1. The molecule has 1 aliphatic rings. The van der Waals surface area contributed by atoms with Crippen molar-refractivity contribution in [3.63, 3.8) is 0 Å². The van der Waals surface area contributed by atoms with Gasteiger partial charge in [-0.1, -0.05) is 32.3 Å². The second-order valence-corrected chi connectivity index (χ2v) is 4.90. The number of carbonyl (C=O) groups excluding carboxylic acids is 1. The van der Waals surface area contributed by atoms with Gasteiger partial charge in [0, 0.05) is 13.1 Å². The van der Waals surface area contributed by atoms with Crippen molar-refractivity contribution in [1.29, 1.82) is 0 Å². The molecule has 2 N–H and O–H groups in total. The zero-order valence-electron chi connectivity index (χ0n) is 11.5. The summed E-state index contributed by atoms with van der Waals surface area (Å²) in [6.07, 6.45) is 4.61. The van der Waals surface area contributed by atoms with Crippen LogP contribution < -0.4 is 15.4 Å². The maximum atomic E-state index is 12.0. The van der Waals surface area contributed by atoms with Crippen molar-refractivity contribution in [2.45, 2.75) is 39.2 Å². The minimum atomic E-state index is 0.0400. The van der Waals surface area contributed by atoms with Crippen LogP contribution in [0.15, 0.2) is 18.2 Å². The molecule has 1 heterocycles. The van der Waals surface area contributed by atoms with Crippen molar-refractivity contribution in [3.05, 3.63) is 23.8 Å².